The Kier molecular flexibility index (Phi) is 5.69. The number of piperidine rings is 1. The van der Waals surface area contributed by atoms with Crippen LogP contribution in [0.15, 0.2) is 16.7 Å². The molecule has 1 atom stereocenters. The van der Waals surface area contributed by atoms with Gasteiger partial charge in [-0.05, 0) is 44.7 Å². The first-order chi connectivity index (χ1) is 8.22. The average molecular weight is 273 g/mol. The molecule has 1 aliphatic rings. The van der Waals surface area contributed by atoms with Crippen molar-refractivity contribution in [3.63, 3.8) is 0 Å². The molecule has 2 N–H and O–H groups in total. The summed E-state index contributed by atoms with van der Waals surface area (Å²) < 4.78 is 5.26. The van der Waals surface area contributed by atoms with Gasteiger partial charge in [0.2, 0.25) is 0 Å². The fraction of sp³-hybridized carbons (Fsp3) is 0.615. The largest absolute Gasteiger partial charge is 0.459 e. The van der Waals surface area contributed by atoms with Gasteiger partial charge in [-0.2, -0.15) is 0 Å². The fourth-order valence-corrected chi connectivity index (χ4v) is 2.46. The summed E-state index contributed by atoms with van der Waals surface area (Å²) in [6.07, 6.45) is 4.82. The minimum absolute atomic E-state index is 0. The van der Waals surface area contributed by atoms with E-state index in [1.807, 2.05) is 17.9 Å². The van der Waals surface area contributed by atoms with Gasteiger partial charge in [-0.15, -0.1) is 12.4 Å². The smallest absolute Gasteiger partial charge is 0.289 e. The van der Waals surface area contributed by atoms with Crippen LogP contribution in [0, 0.1) is 12.8 Å². The van der Waals surface area contributed by atoms with E-state index in [0.717, 1.165) is 31.5 Å². The van der Waals surface area contributed by atoms with Crippen LogP contribution in [0.4, 0.5) is 0 Å². The number of likely N-dealkylation sites (tertiary alicyclic amines) is 1. The number of hydrogen-bond donors (Lipinski definition) is 1. The molecule has 0 saturated carbocycles. The molecule has 5 heteroatoms. The van der Waals surface area contributed by atoms with E-state index in [0.29, 0.717) is 18.2 Å². The van der Waals surface area contributed by atoms with E-state index in [1.165, 1.54) is 6.42 Å². The van der Waals surface area contributed by atoms with Crippen LogP contribution in [0.3, 0.4) is 0 Å². The predicted octanol–water partition coefficient (Wildman–Crippen LogP) is 2.21. The summed E-state index contributed by atoms with van der Waals surface area (Å²) in [6, 6.07) is 1.83. The molecule has 1 unspecified atom stereocenters. The number of carbonyl (C=O) groups excluding carboxylic acids is 1. The van der Waals surface area contributed by atoms with E-state index in [2.05, 4.69) is 0 Å². The maximum atomic E-state index is 12.2. The van der Waals surface area contributed by atoms with Crippen LogP contribution in [-0.4, -0.2) is 30.4 Å². The minimum atomic E-state index is 0. The minimum Gasteiger partial charge on any atom is -0.459 e. The highest BCUT2D eigenvalue weighted by atomic mass is 35.5. The highest BCUT2D eigenvalue weighted by Gasteiger charge is 2.26. The zero-order chi connectivity index (χ0) is 12.3. The van der Waals surface area contributed by atoms with Crippen molar-refractivity contribution < 1.29 is 9.21 Å². The molecule has 0 bridgehead atoms. The van der Waals surface area contributed by atoms with E-state index in [4.69, 9.17) is 10.2 Å². The zero-order valence-electron chi connectivity index (χ0n) is 10.7. The molecule has 1 aromatic rings. The van der Waals surface area contributed by atoms with Crippen LogP contribution in [0.1, 0.15) is 35.4 Å². The topological polar surface area (TPSA) is 59.5 Å². The maximum absolute atomic E-state index is 12.2. The molecule has 0 radical (unpaired) electrons. The lowest BCUT2D eigenvalue weighted by atomic mass is 9.94. The first kappa shape index (κ1) is 15.1. The van der Waals surface area contributed by atoms with Crippen molar-refractivity contribution in [2.75, 3.05) is 19.6 Å². The van der Waals surface area contributed by atoms with Gasteiger partial charge in [0.15, 0.2) is 5.76 Å². The molecule has 102 valence electrons. The lowest BCUT2D eigenvalue weighted by molar-refractivity contribution is 0.0636. The van der Waals surface area contributed by atoms with Crippen LogP contribution >= 0.6 is 12.4 Å². The Labute approximate surface area is 114 Å². The molecule has 18 heavy (non-hydrogen) atoms. The third kappa shape index (κ3) is 3.27. The second-order valence-corrected chi connectivity index (χ2v) is 4.77. The standard InChI is InChI=1S/C13H20N2O2.ClH/c1-10-5-8-17-12(10)13(16)15-7-2-3-11(9-15)4-6-14;/h5,8,11H,2-4,6-7,9,14H2,1H3;1H. The number of nitrogens with two attached hydrogens (primary N) is 1. The number of rotatable bonds is 3. The van der Waals surface area contributed by atoms with Crippen molar-refractivity contribution in [1.29, 1.82) is 0 Å². The first-order valence-electron chi connectivity index (χ1n) is 6.26. The lowest BCUT2D eigenvalue weighted by Crippen LogP contribution is -2.40. The summed E-state index contributed by atoms with van der Waals surface area (Å²) in [4.78, 5) is 14.1. The van der Waals surface area contributed by atoms with Gasteiger partial charge in [-0.1, -0.05) is 0 Å². The van der Waals surface area contributed by atoms with Gasteiger partial charge >= 0.3 is 0 Å². The van der Waals surface area contributed by atoms with Gasteiger partial charge in [0.25, 0.3) is 5.91 Å². The normalized spacial score (nSPS) is 19.4. The molecule has 1 aliphatic heterocycles. The van der Waals surface area contributed by atoms with E-state index in [-0.39, 0.29) is 18.3 Å². The molecule has 4 nitrogen and oxygen atoms in total. The highest BCUT2D eigenvalue weighted by Crippen LogP contribution is 2.21. The Morgan fingerprint density at radius 1 is 1.61 bits per heavy atom. The number of halogens is 1. The summed E-state index contributed by atoms with van der Waals surface area (Å²) >= 11 is 0. The number of aryl methyl sites for hydroxylation is 1. The molecule has 1 amide bonds. The van der Waals surface area contributed by atoms with Gasteiger partial charge in [0, 0.05) is 18.7 Å². The molecule has 0 spiro atoms. The van der Waals surface area contributed by atoms with E-state index in [1.54, 1.807) is 6.26 Å². The Morgan fingerprint density at radius 2 is 2.39 bits per heavy atom. The van der Waals surface area contributed by atoms with Crippen molar-refractivity contribution in [3.05, 3.63) is 23.7 Å². The third-order valence-electron chi connectivity index (χ3n) is 3.44. The molecule has 2 rings (SSSR count). The van der Waals surface area contributed by atoms with Gasteiger partial charge in [0.05, 0.1) is 6.26 Å². The van der Waals surface area contributed by atoms with Crippen LogP contribution in [0.2, 0.25) is 0 Å². The number of hydrogen-bond acceptors (Lipinski definition) is 3. The Balaban J connectivity index is 0.00000162. The van der Waals surface area contributed by atoms with Crippen LogP contribution < -0.4 is 5.73 Å². The Morgan fingerprint density at radius 3 is 3.00 bits per heavy atom. The second-order valence-electron chi connectivity index (χ2n) is 4.77. The Hall–Kier alpha value is -1.00. The van der Waals surface area contributed by atoms with Crippen molar-refractivity contribution in [3.8, 4) is 0 Å². The van der Waals surface area contributed by atoms with Gasteiger partial charge in [-0.25, -0.2) is 0 Å². The van der Waals surface area contributed by atoms with Gasteiger partial charge < -0.3 is 15.1 Å². The third-order valence-corrected chi connectivity index (χ3v) is 3.44. The SMILES string of the molecule is Cc1ccoc1C(=O)N1CCCC(CCN)C1.Cl. The van der Waals surface area contributed by atoms with Gasteiger partial charge in [0.1, 0.15) is 0 Å². The maximum Gasteiger partial charge on any atom is 0.289 e. The van der Waals surface area contributed by atoms with Crippen molar-refractivity contribution in [1.82, 2.24) is 4.90 Å². The van der Waals surface area contributed by atoms with E-state index >= 15 is 0 Å². The zero-order valence-corrected chi connectivity index (χ0v) is 11.5. The first-order valence-corrected chi connectivity index (χ1v) is 6.26. The summed E-state index contributed by atoms with van der Waals surface area (Å²) in [5.41, 5.74) is 6.49. The van der Waals surface area contributed by atoms with Crippen LogP contribution in [-0.2, 0) is 0 Å². The summed E-state index contributed by atoms with van der Waals surface area (Å²) in [5, 5.41) is 0. The molecular weight excluding hydrogens is 252 g/mol. The molecule has 0 aromatic carbocycles. The van der Waals surface area contributed by atoms with Gasteiger partial charge in [-0.3, -0.25) is 4.79 Å². The number of nitrogens with zero attached hydrogens (tertiary/aromatic N) is 1. The lowest BCUT2D eigenvalue weighted by Gasteiger charge is -2.32. The summed E-state index contributed by atoms with van der Waals surface area (Å²) in [6.45, 7) is 4.25. The van der Waals surface area contributed by atoms with Crippen LogP contribution in [0.5, 0.6) is 0 Å². The predicted molar refractivity (Wildman–Crippen MR) is 73.0 cm³/mol. The molecule has 0 aliphatic carbocycles. The summed E-state index contributed by atoms with van der Waals surface area (Å²) in [5.74, 6) is 1.06. The fourth-order valence-electron chi connectivity index (χ4n) is 2.46. The number of amides is 1. The van der Waals surface area contributed by atoms with Crippen LogP contribution in [0.25, 0.3) is 0 Å². The summed E-state index contributed by atoms with van der Waals surface area (Å²) in [7, 11) is 0. The van der Waals surface area contributed by atoms with E-state index < -0.39 is 0 Å². The average Bonchev–Trinajstić information content (AvgIpc) is 2.75. The molecule has 1 saturated heterocycles. The monoisotopic (exact) mass is 272 g/mol. The number of furan rings is 1. The van der Waals surface area contributed by atoms with Crippen molar-refractivity contribution in [2.24, 2.45) is 11.7 Å². The second kappa shape index (κ2) is 6.81. The van der Waals surface area contributed by atoms with Crippen molar-refractivity contribution in [2.45, 2.75) is 26.2 Å². The van der Waals surface area contributed by atoms with E-state index in [9.17, 15) is 4.79 Å². The molecular formula is C13H21ClN2O2. The van der Waals surface area contributed by atoms with Crippen molar-refractivity contribution >= 4 is 18.3 Å². The molecule has 1 fully saturated rings. The molecule has 1 aromatic heterocycles. The Bertz CT molecular complexity index is 390. The number of carbonyl (C=O) groups is 1. The highest BCUT2D eigenvalue weighted by molar-refractivity contribution is 5.92. The quantitative estimate of drug-likeness (QED) is 0.918. The molecule has 2 heterocycles.